The van der Waals surface area contributed by atoms with E-state index in [1.54, 1.807) is 18.3 Å². The normalized spacial score (nSPS) is 12.1. The fraction of sp³-hybridized carbons (Fsp3) is 0.250. The molecule has 1 aromatic heterocycles. The minimum atomic E-state index is -0.469. The van der Waals surface area contributed by atoms with Gasteiger partial charge in [0.1, 0.15) is 11.1 Å². The molecule has 0 aromatic carbocycles. The maximum Gasteiger partial charge on any atom is 0.115 e. The van der Waals surface area contributed by atoms with Crippen LogP contribution >= 0.6 is 23.4 Å². The number of nitrogens with zero attached hydrogens (tertiary/aromatic N) is 2. The van der Waals surface area contributed by atoms with Crippen LogP contribution < -0.4 is 5.73 Å². The predicted octanol–water partition coefficient (Wildman–Crippen LogP) is 1.68. The highest BCUT2D eigenvalue weighted by Crippen LogP contribution is 2.23. The zero-order chi connectivity index (χ0) is 9.68. The first kappa shape index (κ1) is 10.3. The summed E-state index contributed by atoms with van der Waals surface area (Å²) in [4.78, 5) is 4.05. The van der Waals surface area contributed by atoms with Crippen molar-refractivity contribution in [1.82, 2.24) is 4.98 Å². The van der Waals surface area contributed by atoms with Crippen molar-refractivity contribution < 1.29 is 0 Å². The van der Waals surface area contributed by atoms with Gasteiger partial charge in [0.15, 0.2) is 0 Å². The Morgan fingerprint density at radius 3 is 3.15 bits per heavy atom. The molecule has 0 radical (unpaired) electrons. The highest BCUT2D eigenvalue weighted by atomic mass is 35.5. The molecule has 1 aromatic rings. The van der Waals surface area contributed by atoms with Crippen LogP contribution in [-0.2, 0) is 0 Å². The lowest BCUT2D eigenvalue weighted by molar-refractivity contribution is 0.950. The molecule has 0 bridgehead atoms. The minimum absolute atomic E-state index is 0.469. The molecule has 1 atom stereocenters. The first-order chi connectivity index (χ1) is 6.24. The molecule has 0 aliphatic carbocycles. The highest BCUT2D eigenvalue weighted by molar-refractivity contribution is 7.99. The summed E-state index contributed by atoms with van der Waals surface area (Å²) in [7, 11) is 0. The number of hydrogen-bond donors (Lipinski definition) is 1. The van der Waals surface area contributed by atoms with Crippen molar-refractivity contribution in [3.05, 3.63) is 23.4 Å². The van der Waals surface area contributed by atoms with E-state index < -0.39 is 6.04 Å². The molecule has 3 nitrogen and oxygen atoms in total. The average Bonchev–Trinajstić information content (AvgIpc) is 2.16. The van der Waals surface area contributed by atoms with Crippen molar-refractivity contribution in [3.63, 3.8) is 0 Å². The summed E-state index contributed by atoms with van der Waals surface area (Å²) >= 11 is 7.23. The van der Waals surface area contributed by atoms with E-state index in [2.05, 4.69) is 4.98 Å². The molecule has 1 heterocycles. The summed E-state index contributed by atoms with van der Waals surface area (Å²) in [6.07, 6.45) is 1.66. The van der Waals surface area contributed by atoms with Gasteiger partial charge < -0.3 is 5.73 Å². The Labute approximate surface area is 85.9 Å². The summed E-state index contributed by atoms with van der Waals surface area (Å²) in [6, 6.07) is 4.99. The third-order valence-electron chi connectivity index (χ3n) is 1.29. The second-order valence-corrected chi connectivity index (χ2v) is 3.75. The van der Waals surface area contributed by atoms with Gasteiger partial charge in [0.2, 0.25) is 0 Å². The standard InChI is InChI=1S/C8H8ClN3S/c9-7-2-1-3-12-8(7)13-5-6(11)4-10/h1-3,6H,5,11H2. The maximum absolute atomic E-state index is 8.44. The van der Waals surface area contributed by atoms with Gasteiger partial charge in [-0.2, -0.15) is 5.26 Å². The molecule has 0 amide bonds. The van der Waals surface area contributed by atoms with Crippen LogP contribution in [0, 0.1) is 11.3 Å². The monoisotopic (exact) mass is 213 g/mol. The van der Waals surface area contributed by atoms with Crippen molar-refractivity contribution >= 4 is 23.4 Å². The zero-order valence-corrected chi connectivity index (χ0v) is 8.35. The van der Waals surface area contributed by atoms with Crippen LogP contribution in [0.3, 0.4) is 0 Å². The van der Waals surface area contributed by atoms with Crippen molar-refractivity contribution in [1.29, 1.82) is 5.26 Å². The minimum Gasteiger partial charge on any atom is -0.315 e. The molecule has 5 heteroatoms. The van der Waals surface area contributed by atoms with Crippen molar-refractivity contribution in [2.24, 2.45) is 5.73 Å². The average molecular weight is 214 g/mol. The van der Waals surface area contributed by atoms with Crippen LogP contribution in [0.4, 0.5) is 0 Å². The van der Waals surface area contributed by atoms with E-state index in [-0.39, 0.29) is 0 Å². The molecular weight excluding hydrogens is 206 g/mol. The second kappa shape index (κ2) is 5.07. The van der Waals surface area contributed by atoms with Gasteiger partial charge in [0.25, 0.3) is 0 Å². The van der Waals surface area contributed by atoms with Gasteiger partial charge in [0.05, 0.1) is 11.1 Å². The van der Waals surface area contributed by atoms with Crippen LogP contribution in [0.2, 0.25) is 5.02 Å². The first-order valence-electron chi connectivity index (χ1n) is 3.62. The lowest BCUT2D eigenvalue weighted by Gasteiger charge is -2.02. The summed E-state index contributed by atoms with van der Waals surface area (Å²) < 4.78 is 0. The molecule has 0 fully saturated rings. The fourth-order valence-electron chi connectivity index (χ4n) is 0.683. The molecule has 0 spiro atoms. The molecule has 2 N–H and O–H groups in total. The molecule has 13 heavy (non-hydrogen) atoms. The summed E-state index contributed by atoms with van der Waals surface area (Å²) in [6.45, 7) is 0. The lowest BCUT2D eigenvalue weighted by Crippen LogP contribution is -2.19. The van der Waals surface area contributed by atoms with E-state index in [0.717, 1.165) is 5.03 Å². The van der Waals surface area contributed by atoms with Gasteiger partial charge in [-0.25, -0.2) is 4.98 Å². The molecule has 1 rings (SSSR count). The number of nitrogens with two attached hydrogens (primary N) is 1. The maximum atomic E-state index is 8.44. The Kier molecular flexibility index (Phi) is 4.03. The van der Waals surface area contributed by atoms with Crippen molar-refractivity contribution in [2.45, 2.75) is 11.1 Å². The van der Waals surface area contributed by atoms with Crippen molar-refractivity contribution in [2.75, 3.05) is 5.75 Å². The third-order valence-corrected chi connectivity index (χ3v) is 2.83. The topological polar surface area (TPSA) is 62.7 Å². The van der Waals surface area contributed by atoms with Gasteiger partial charge in [-0.15, -0.1) is 11.8 Å². The Hall–Kier alpha value is -0.760. The second-order valence-electron chi connectivity index (χ2n) is 2.34. The van der Waals surface area contributed by atoms with Crippen LogP contribution in [0.5, 0.6) is 0 Å². The van der Waals surface area contributed by atoms with E-state index in [0.29, 0.717) is 10.8 Å². The number of aromatic nitrogens is 1. The highest BCUT2D eigenvalue weighted by Gasteiger charge is 2.04. The third kappa shape index (κ3) is 3.23. The molecule has 0 saturated heterocycles. The fourth-order valence-corrected chi connectivity index (χ4v) is 1.72. The first-order valence-corrected chi connectivity index (χ1v) is 4.99. The number of halogens is 1. The zero-order valence-electron chi connectivity index (χ0n) is 6.77. The van der Waals surface area contributed by atoms with Crippen molar-refractivity contribution in [3.8, 4) is 6.07 Å². The summed E-state index contributed by atoms with van der Waals surface area (Å²) in [5.74, 6) is 0.507. The number of pyridine rings is 1. The Morgan fingerprint density at radius 1 is 1.77 bits per heavy atom. The number of hydrogen-bond acceptors (Lipinski definition) is 4. The molecule has 1 unspecified atom stereocenters. The molecule has 0 aliphatic rings. The van der Waals surface area contributed by atoms with E-state index in [1.165, 1.54) is 11.8 Å². The molecular formula is C8H8ClN3S. The van der Waals surface area contributed by atoms with Crippen LogP contribution in [0.15, 0.2) is 23.4 Å². The van der Waals surface area contributed by atoms with E-state index in [9.17, 15) is 0 Å². The van der Waals surface area contributed by atoms with E-state index in [1.807, 2.05) is 6.07 Å². The van der Waals surface area contributed by atoms with E-state index >= 15 is 0 Å². The largest absolute Gasteiger partial charge is 0.315 e. The quantitative estimate of drug-likeness (QED) is 0.776. The smallest absolute Gasteiger partial charge is 0.115 e. The molecule has 0 aliphatic heterocycles. The lowest BCUT2D eigenvalue weighted by atomic mass is 10.4. The Balaban J connectivity index is 2.56. The summed E-state index contributed by atoms with van der Waals surface area (Å²) in [5.41, 5.74) is 5.42. The van der Waals surface area contributed by atoms with E-state index in [4.69, 9.17) is 22.6 Å². The number of rotatable bonds is 3. The van der Waals surface area contributed by atoms with Gasteiger partial charge in [0, 0.05) is 11.9 Å². The number of thioether (sulfide) groups is 1. The SMILES string of the molecule is N#CC(N)CSc1ncccc1Cl. The van der Waals surface area contributed by atoms with Gasteiger partial charge in [-0.1, -0.05) is 11.6 Å². The molecule has 68 valence electrons. The molecule has 0 saturated carbocycles. The Morgan fingerprint density at radius 2 is 2.54 bits per heavy atom. The summed E-state index contributed by atoms with van der Waals surface area (Å²) in [5, 5.41) is 9.75. The van der Waals surface area contributed by atoms with Gasteiger partial charge in [-0.3, -0.25) is 0 Å². The van der Waals surface area contributed by atoms with Crippen LogP contribution in [0.25, 0.3) is 0 Å². The van der Waals surface area contributed by atoms with Gasteiger partial charge in [-0.05, 0) is 12.1 Å². The van der Waals surface area contributed by atoms with Gasteiger partial charge >= 0.3 is 0 Å². The number of nitriles is 1. The predicted molar refractivity (Wildman–Crippen MR) is 53.6 cm³/mol. The Bertz CT molecular complexity index is 323. The van der Waals surface area contributed by atoms with Crippen LogP contribution in [-0.4, -0.2) is 16.8 Å². The van der Waals surface area contributed by atoms with Crippen LogP contribution in [0.1, 0.15) is 0 Å².